The summed E-state index contributed by atoms with van der Waals surface area (Å²) in [5.41, 5.74) is -0.0253. The summed E-state index contributed by atoms with van der Waals surface area (Å²) >= 11 is 0. The number of anilines is 2. The molecule has 1 saturated heterocycles. The molecular formula is C23H26F3N3O3. The van der Waals surface area contributed by atoms with E-state index in [-0.39, 0.29) is 5.69 Å². The summed E-state index contributed by atoms with van der Waals surface area (Å²) in [4.78, 5) is 16.4. The molecule has 1 N–H and O–H groups in total. The highest BCUT2D eigenvalue weighted by Gasteiger charge is 2.34. The lowest BCUT2D eigenvalue weighted by Gasteiger charge is -2.34. The molecule has 2 aromatic rings. The zero-order valence-corrected chi connectivity index (χ0v) is 18.2. The number of benzene rings is 2. The van der Waals surface area contributed by atoms with Gasteiger partial charge in [0, 0.05) is 37.9 Å². The fourth-order valence-corrected chi connectivity index (χ4v) is 3.44. The number of alkyl halides is 3. The number of amides is 1. The Morgan fingerprint density at radius 1 is 1.00 bits per heavy atom. The molecule has 6 nitrogen and oxygen atoms in total. The van der Waals surface area contributed by atoms with E-state index in [0.717, 1.165) is 19.2 Å². The minimum atomic E-state index is -4.60. The van der Waals surface area contributed by atoms with Crippen LogP contribution < -0.4 is 19.7 Å². The van der Waals surface area contributed by atoms with Crippen molar-refractivity contribution in [3.05, 3.63) is 53.6 Å². The van der Waals surface area contributed by atoms with Crippen LogP contribution in [0.2, 0.25) is 0 Å². The van der Waals surface area contributed by atoms with E-state index in [9.17, 15) is 18.0 Å². The molecule has 0 atom stereocenters. The second-order valence-electron chi connectivity index (χ2n) is 7.45. The number of nitrogens with one attached hydrogen (secondary N) is 1. The number of rotatable bonds is 6. The van der Waals surface area contributed by atoms with Crippen molar-refractivity contribution in [1.82, 2.24) is 4.90 Å². The molecule has 9 heteroatoms. The van der Waals surface area contributed by atoms with Crippen molar-refractivity contribution in [2.24, 2.45) is 0 Å². The summed E-state index contributed by atoms with van der Waals surface area (Å²) in [6, 6.07) is 9.05. The number of ether oxygens (including phenoxy) is 2. The van der Waals surface area contributed by atoms with Gasteiger partial charge < -0.3 is 24.6 Å². The Morgan fingerprint density at radius 3 is 2.31 bits per heavy atom. The van der Waals surface area contributed by atoms with Gasteiger partial charge in [-0.3, -0.25) is 4.79 Å². The largest absolute Gasteiger partial charge is 0.493 e. The first-order chi connectivity index (χ1) is 15.2. The highest BCUT2D eigenvalue weighted by atomic mass is 19.4. The van der Waals surface area contributed by atoms with Gasteiger partial charge in [0.15, 0.2) is 11.5 Å². The normalized spacial score (nSPS) is 15.1. The van der Waals surface area contributed by atoms with E-state index in [4.69, 9.17) is 9.47 Å². The van der Waals surface area contributed by atoms with Gasteiger partial charge >= 0.3 is 6.18 Å². The number of hydrogen-bond donors (Lipinski definition) is 1. The molecule has 1 aliphatic heterocycles. The molecule has 172 valence electrons. The third-order valence-corrected chi connectivity index (χ3v) is 5.27. The highest BCUT2D eigenvalue weighted by molar-refractivity contribution is 6.02. The van der Waals surface area contributed by atoms with Crippen LogP contribution in [-0.2, 0) is 11.0 Å². The standard InChI is InChI=1S/C23H26F3N3O3/c1-28-10-12-29(13-11-28)17-6-7-19(18(15-17)23(24,25)26)27-22(30)9-5-16-4-8-20(31-2)21(14-16)32-3/h4-9,14-15H,10-13H2,1-3H3,(H,27,30)/b9-5+. The number of carbonyl (C=O) groups excluding carboxylic acids is 1. The second-order valence-corrected chi connectivity index (χ2v) is 7.45. The summed E-state index contributed by atoms with van der Waals surface area (Å²) in [5, 5.41) is 2.35. The number of methoxy groups -OCH3 is 2. The average molecular weight is 449 g/mol. The molecule has 0 bridgehead atoms. The Kier molecular flexibility index (Phi) is 7.29. The van der Waals surface area contributed by atoms with Gasteiger partial charge in [-0.15, -0.1) is 0 Å². The zero-order valence-electron chi connectivity index (χ0n) is 18.2. The lowest BCUT2D eigenvalue weighted by Crippen LogP contribution is -2.44. The van der Waals surface area contributed by atoms with Gasteiger partial charge in [-0.2, -0.15) is 13.2 Å². The van der Waals surface area contributed by atoms with Crippen molar-refractivity contribution in [1.29, 1.82) is 0 Å². The SMILES string of the molecule is COc1ccc(/C=C/C(=O)Nc2ccc(N3CCN(C)CC3)cc2C(F)(F)F)cc1OC. The summed E-state index contributed by atoms with van der Waals surface area (Å²) in [6.07, 6.45) is -1.93. The van der Waals surface area contributed by atoms with Crippen LogP contribution in [-0.4, -0.2) is 58.3 Å². The van der Waals surface area contributed by atoms with Gasteiger partial charge in [0.05, 0.1) is 25.5 Å². The van der Waals surface area contributed by atoms with Gasteiger partial charge in [-0.1, -0.05) is 6.07 Å². The van der Waals surface area contributed by atoms with Crippen molar-refractivity contribution >= 4 is 23.4 Å². The fourth-order valence-electron chi connectivity index (χ4n) is 3.44. The van der Waals surface area contributed by atoms with Crippen molar-refractivity contribution in [3.63, 3.8) is 0 Å². The maximum atomic E-state index is 13.7. The minimum Gasteiger partial charge on any atom is -0.493 e. The van der Waals surface area contributed by atoms with E-state index in [1.165, 1.54) is 32.4 Å². The third kappa shape index (κ3) is 5.73. The molecular weight excluding hydrogens is 423 g/mol. The first-order valence-electron chi connectivity index (χ1n) is 10.1. The van der Waals surface area contributed by atoms with Crippen LogP contribution in [0.4, 0.5) is 24.5 Å². The van der Waals surface area contributed by atoms with Crippen molar-refractivity contribution in [3.8, 4) is 11.5 Å². The summed E-state index contributed by atoms with van der Waals surface area (Å²) < 4.78 is 51.4. The van der Waals surface area contributed by atoms with Crippen LogP contribution in [0.25, 0.3) is 6.08 Å². The maximum Gasteiger partial charge on any atom is 0.418 e. The molecule has 0 radical (unpaired) electrons. The minimum absolute atomic E-state index is 0.280. The quantitative estimate of drug-likeness (QED) is 0.673. The van der Waals surface area contributed by atoms with Crippen molar-refractivity contribution < 1.29 is 27.4 Å². The lowest BCUT2D eigenvalue weighted by atomic mass is 10.1. The Bertz CT molecular complexity index is 984. The lowest BCUT2D eigenvalue weighted by molar-refractivity contribution is -0.136. The van der Waals surface area contributed by atoms with Gasteiger partial charge in [0.2, 0.25) is 5.91 Å². The number of carbonyl (C=O) groups is 1. The molecule has 2 aromatic carbocycles. The predicted octanol–water partition coefficient (Wildman–Crippen LogP) is 4.13. The van der Waals surface area contributed by atoms with Gasteiger partial charge in [-0.05, 0) is 49.0 Å². The first-order valence-corrected chi connectivity index (χ1v) is 10.1. The number of halogens is 3. The monoisotopic (exact) mass is 449 g/mol. The molecule has 0 aromatic heterocycles. The summed E-state index contributed by atoms with van der Waals surface area (Å²) in [6.45, 7) is 2.85. The Balaban J connectivity index is 1.77. The second kappa shape index (κ2) is 9.95. The van der Waals surface area contributed by atoms with E-state index < -0.39 is 17.6 Å². The van der Waals surface area contributed by atoms with Crippen LogP contribution in [0.5, 0.6) is 11.5 Å². The van der Waals surface area contributed by atoms with Crippen LogP contribution >= 0.6 is 0 Å². The Hall–Kier alpha value is -3.20. The molecule has 1 heterocycles. The van der Waals surface area contributed by atoms with Crippen molar-refractivity contribution in [2.75, 3.05) is 57.7 Å². The first kappa shape index (κ1) is 23.5. The smallest absolute Gasteiger partial charge is 0.418 e. The van der Waals surface area contributed by atoms with Crippen molar-refractivity contribution in [2.45, 2.75) is 6.18 Å². The Morgan fingerprint density at radius 2 is 1.69 bits per heavy atom. The van der Waals surface area contributed by atoms with Crippen LogP contribution in [0.1, 0.15) is 11.1 Å². The predicted molar refractivity (Wildman–Crippen MR) is 118 cm³/mol. The summed E-state index contributed by atoms with van der Waals surface area (Å²) in [5.74, 6) is 0.343. The van der Waals surface area contributed by atoms with E-state index >= 15 is 0 Å². The molecule has 0 spiro atoms. The average Bonchev–Trinajstić information content (AvgIpc) is 2.77. The zero-order chi connectivity index (χ0) is 23.3. The Labute approximate surface area is 185 Å². The fraction of sp³-hybridized carbons (Fsp3) is 0.348. The number of hydrogen-bond acceptors (Lipinski definition) is 5. The topological polar surface area (TPSA) is 54.0 Å². The van der Waals surface area contributed by atoms with E-state index in [1.807, 2.05) is 11.9 Å². The highest BCUT2D eigenvalue weighted by Crippen LogP contribution is 2.37. The van der Waals surface area contributed by atoms with E-state index in [2.05, 4.69) is 10.2 Å². The molecule has 0 unspecified atom stereocenters. The van der Waals surface area contributed by atoms with Gasteiger partial charge in [0.1, 0.15) is 0 Å². The molecule has 32 heavy (non-hydrogen) atoms. The van der Waals surface area contributed by atoms with Crippen LogP contribution in [0, 0.1) is 0 Å². The summed E-state index contributed by atoms with van der Waals surface area (Å²) in [7, 11) is 4.98. The molecule has 3 rings (SSSR count). The van der Waals surface area contributed by atoms with Crippen LogP contribution in [0.3, 0.4) is 0 Å². The number of likely N-dealkylation sites (N-methyl/N-ethyl adjacent to an activating group) is 1. The molecule has 0 aliphatic carbocycles. The molecule has 0 saturated carbocycles. The number of nitrogens with zero attached hydrogens (tertiary/aromatic N) is 2. The van der Waals surface area contributed by atoms with Gasteiger partial charge in [-0.25, -0.2) is 0 Å². The molecule has 1 aliphatic rings. The number of piperazine rings is 1. The molecule has 1 fully saturated rings. The molecule has 1 amide bonds. The van der Waals surface area contributed by atoms with Gasteiger partial charge in [0.25, 0.3) is 0 Å². The van der Waals surface area contributed by atoms with E-state index in [0.29, 0.717) is 35.8 Å². The third-order valence-electron chi connectivity index (χ3n) is 5.27. The maximum absolute atomic E-state index is 13.7. The van der Waals surface area contributed by atoms with E-state index in [1.54, 1.807) is 24.3 Å². The van der Waals surface area contributed by atoms with Crippen LogP contribution in [0.15, 0.2) is 42.5 Å².